The van der Waals surface area contributed by atoms with Gasteiger partial charge in [-0.25, -0.2) is 15.0 Å². The molecule has 2 aromatic heterocycles. The third-order valence-corrected chi connectivity index (χ3v) is 3.43. The van der Waals surface area contributed by atoms with Gasteiger partial charge in [0.15, 0.2) is 5.15 Å². The van der Waals surface area contributed by atoms with Crippen LogP contribution in [0.2, 0.25) is 10.3 Å². The lowest BCUT2D eigenvalue weighted by atomic mass is 10.2. The lowest BCUT2D eigenvalue weighted by molar-refractivity contribution is 0.294. The van der Waals surface area contributed by atoms with Gasteiger partial charge in [0.2, 0.25) is 0 Å². The second-order valence-electron chi connectivity index (χ2n) is 4.45. The average Bonchev–Trinajstić information content (AvgIpc) is 2.54. The van der Waals surface area contributed by atoms with Crippen LogP contribution in [0.25, 0.3) is 11.0 Å². The highest BCUT2D eigenvalue weighted by Crippen LogP contribution is 2.25. The van der Waals surface area contributed by atoms with Crippen LogP contribution >= 0.6 is 23.2 Å². The Labute approximate surface area is 136 Å². The molecule has 0 radical (unpaired) electrons. The Kier molecular flexibility index (Phi) is 4.27. The van der Waals surface area contributed by atoms with E-state index >= 15 is 0 Å². The Balaban J connectivity index is 1.81. The zero-order chi connectivity index (χ0) is 15.5. The van der Waals surface area contributed by atoms with Crippen molar-refractivity contribution >= 4 is 34.2 Å². The van der Waals surface area contributed by atoms with E-state index in [-0.39, 0.29) is 11.0 Å². The number of ether oxygens (including phenoxy) is 2. The molecule has 0 aliphatic carbocycles. The molecule has 3 rings (SSSR count). The molecular formula is C15H11Cl2N3O2. The van der Waals surface area contributed by atoms with E-state index in [0.29, 0.717) is 22.8 Å². The number of hydrogen-bond acceptors (Lipinski definition) is 5. The molecule has 3 aromatic rings. The van der Waals surface area contributed by atoms with Gasteiger partial charge < -0.3 is 9.47 Å². The molecule has 22 heavy (non-hydrogen) atoms. The van der Waals surface area contributed by atoms with Crippen LogP contribution in [0.5, 0.6) is 11.6 Å². The molecular weight excluding hydrogens is 325 g/mol. The van der Waals surface area contributed by atoms with E-state index in [9.17, 15) is 0 Å². The largest absolute Gasteiger partial charge is 0.497 e. The summed E-state index contributed by atoms with van der Waals surface area (Å²) in [6.07, 6.45) is 1.52. The van der Waals surface area contributed by atoms with Crippen molar-refractivity contribution in [3.05, 3.63) is 52.4 Å². The second kappa shape index (κ2) is 6.34. The van der Waals surface area contributed by atoms with E-state index in [4.69, 9.17) is 32.7 Å². The maximum atomic E-state index is 6.08. The second-order valence-corrected chi connectivity index (χ2v) is 5.20. The molecule has 0 atom stereocenters. The Morgan fingerprint density at radius 3 is 2.55 bits per heavy atom. The van der Waals surface area contributed by atoms with Gasteiger partial charge in [-0.05, 0) is 17.7 Å². The molecule has 0 saturated heterocycles. The summed E-state index contributed by atoms with van der Waals surface area (Å²) in [5, 5.41) is 0.523. The molecule has 2 heterocycles. The summed E-state index contributed by atoms with van der Waals surface area (Å²) in [6, 6.07) is 9.14. The Hall–Kier alpha value is -2.11. The van der Waals surface area contributed by atoms with Crippen LogP contribution in [0.15, 0.2) is 36.5 Å². The molecule has 0 amide bonds. The first kappa shape index (κ1) is 14.8. The van der Waals surface area contributed by atoms with E-state index in [1.165, 1.54) is 6.20 Å². The van der Waals surface area contributed by atoms with Crippen LogP contribution in [0, 0.1) is 0 Å². The fourth-order valence-electron chi connectivity index (χ4n) is 1.86. The number of hydrogen-bond donors (Lipinski definition) is 0. The Morgan fingerprint density at radius 2 is 1.82 bits per heavy atom. The zero-order valence-corrected chi connectivity index (χ0v) is 13.1. The normalized spacial score (nSPS) is 10.7. The fourth-order valence-corrected chi connectivity index (χ4v) is 2.20. The molecule has 0 aliphatic rings. The average molecular weight is 336 g/mol. The minimum absolute atomic E-state index is 0.185. The van der Waals surface area contributed by atoms with E-state index < -0.39 is 0 Å². The highest BCUT2D eigenvalue weighted by Gasteiger charge is 2.09. The number of methoxy groups -OCH3 is 1. The third kappa shape index (κ3) is 3.21. The molecule has 0 fully saturated rings. The monoisotopic (exact) mass is 335 g/mol. The van der Waals surface area contributed by atoms with Crippen molar-refractivity contribution in [2.24, 2.45) is 0 Å². The van der Waals surface area contributed by atoms with Crippen LogP contribution in [0.3, 0.4) is 0 Å². The molecule has 7 heteroatoms. The number of rotatable bonds is 4. The SMILES string of the molecule is COc1ccc(COc2nc3cc(Cl)ncc3nc2Cl)cc1. The van der Waals surface area contributed by atoms with Gasteiger partial charge in [0.25, 0.3) is 5.88 Å². The van der Waals surface area contributed by atoms with Crippen LogP contribution in [-0.4, -0.2) is 22.1 Å². The predicted molar refractivity (Wildman–Crippen MR) is 84.7 cm³/mol. The van der Waals surface area contributed by atoms with E-state index in [0.717, 1.165) is 11.3 Å². The minimum Gasteiger partial charge on any atom is -0.497 e. The van der Waals surface area contributed by atoms with Crippen molar-refractivity contribution in [3.63, 3.8) is 0 Å². The summed E-state index contributed by atoms with van der Waals surface area (Å²) in [5.41, 5.74) is 2.10. The summed E-state index contributed by atoms with van der Waals surface area (Å²) < 4.78 is 10.7. The van der Waals surface area contributed by atoms with Crippen LogP contribution in [0.1, 0.15) is 5.56 Å². The summed E-state index contributed by atoms with van der Waals surface area (Å²) in [5.74, 6) is 1.04. The smallest absolute Gasteiger partial charge is 0.253 e. The predicted octanol–water partition coefficient (Wildman–Crippen LogP) is 3.92. The van der Waals surface area contributed by atoms with Gasteiger partial charge in [-0.1, -0.05) is 35.3 Å². The standard InChI is InChI=1S/C15H11Cl2N3O2/c1-21-10-4-2-9(3-5-10)8-22-15-14(17)19-12-7-18-13(16)6-11(12)20-15/h2-7H,8H2,1H3. The van der Waals surface area contributed by atoms with Gasteiger partial charge in [-0.3, -0.25) is 0 Å². The van der Waals surface area contributed by atoms with E-state index in [1.807, 2.05) is 24.3 Å². The summed E-state index contributed by atoms with van der Waals surface area (Å²) in [4.78, 5) is 12.5. The number of aromatic nitrogens is 3. The van der Waals surface area contributed by atoms with Crippen molar-refractivity contribution < 1.29 is 9.47 Å². The van der Waals surface area contributed by atoms with Gasteiger partial charge in [0, 0.05) is 6.07 Å². The molecule has 112 valence electrons. The fraction of sp³-hybridized carbons (Fsp3) is 0.133. The van der Waals surface area contributed by atoms with Crippen molar-refractivity contribution in [1.82, 2.24) is 15.0 Å². The molecule has 0 saturated carbocycles. The van der Waals surface area contributed by atoms with Gasteiger partial charge in [-0.2, -0.15) is 0 Å². The third-order valence-electron chi connectivity index (χ3n) is 2.98. The van der Waals surface area contributed by atoms with Crippen molar-refractivity contribution in [3.8, 4) is 11.6 Å². The summed E-state index contributed by atoms with van der Waals surface area (Å²) >= 11 is 11.9. The maximum Gasteiger partial charge on any atom is 0.253 e. The maximum absolute atomic E-state index is 6.08. The quantitative estimate of drug-likeness (QED) is 0.676. The number of fused-ring (bicyclic) bond motifs is 1. The first-order chi connectivity index (χ1) is 10.7. The highest BCUT2D eigenvalue weighted by atomic mass is 35.5. The van der Waals surface area contributed by atoms with Crippen molar-refractivity contribution in [2.75, 3.05) is 7.11 Å². The van der Waals surface area contributed by atoms with Gasteiger partial charge in [0.05, 0.1) is 18.8 Å². The highest BCUT2D eigenvalue weighted by molar-refractivity contribution is 6.31. The lowest BCUT2D eigenvalue weighted by Crippen LogP contribution is -2.00. The molecule has 0 aliphatic heterocycles. The van der Waals surface area contributed by atoms with Crippen molar-refractivity contribution in [2.45, 2.75) is 6.61 Å². The van der Waals surface area contributed by atoms with Gasteiger partial charge in [0.1, 0.15) is 23.0 Å². The number of halogens is 2. The Morgan fingerprint density at radius 1 is 1.05 bits per heavy atom. The summed E-state index contributed by atoms with van der Waals surface area (Å²) in [6.45, 7) is 0.322. The minimum atomic E-state index is 0.185. The molecule has 0 unspecified atom stereocenters. The van der Waals surface area contributed by atoms with E-state index in [2.05, 4.69) is 15.0 Å². The van der Waals surface area contributed by atoms with Crippen LogP contribution in [-0.2, 0) is 6.61 Å². The first-order valence-electron chi connectivity index (χ1n) is 6.40. The Bertz CT molecular complexity index is 810. The summed E-state index contributed by atoms with van der Waals surface area (Å²) in [7, 11) is 1.62. The van der Waals surface area contributed by atoms with Gasteiger partial charge in [-0.15, -0.1) is 0 Å². The molecule has 0 bridgehead atoms. The lowest BCUT2D eigenvalue weighted by Gasteiger charge is -2.08. The zero-order valence-electron chi connectivity index (χ0n) is 11.6. The topological polar surface area (TPSA) is 57.1 Å². The van der Waals surface area contributed by atoms with E-state index in [1.54, 1.807) is 13.2 Å². The van der Waals surface area contributed by atoms with Crippen molar-refractivity contribution in [1.29, 1.82) is 0 Å². The first-order valence-corrected chi connectivity index (χ1v) is 7.16. The molecule has 0 spiro atoms. The molecule has 5 nitrogen and oxygen atoms in total. The van der Waals surface area contributed by atoms with Crippen LogP contribution in [0.4, 0.5) is 0 Å². The molecule has 0 N–H and O–H groups in total. The number of nitrogens with zero attached hydrogens (tertiary/aromatic N) is 3. The van der Waals surface area contributed by atoms with Gasteiger partial charge >= 0.3 is 0 Å². The molecule has 1 aromatic carbocycles. The van der Waals surface area contributed by atoms with Crippen LogP contribution < -0.4 is 9.47 Å². The number of benzene rings is 1. The number of pyridine rings is 1.